The highest BCUT2D eigenvalue weighted by molar-refractivity contribution is 7.92. The van der Waals surface area contributed by atoms with E-state index in [1.807, 2.05) is 31.2 Å². The quantitative estimate of drug-likeness (QED) is 0.435. The Balaban J connectivity index is 1.92. The molecule has 0 bridgehead atoms. The van der Waals surface area contributed by atoms with Crippen molar-refractivity contribution < 1.29 is 17.9 Å². The molecule has 0 saturated carbocycles. The lowest BCUT2D eigenvalue weighted by Crippen LogP contribution is -2.44. The van der Waals surface area contributed by atoms with Crippen LogP contribution in [0.15, 0.2) is 71.7 Å². The number of para-hydroxylation sites is 1. The van der Waals surface area contributed by atoms with Crippen LogP contribution >= 0.6 is 0 Å². The van der Waals surface area contributed by atoms with Crippen molar-refractivity contribution in [2.24, 2.45) is 5.41 Å². The average Bonchev–Trinajstić information content (AvgIpc) is 3.19. The fraction of sp³-hybridized carbons (Fsp3) is 0.261. The van der Waals surface area contributed by atoms with Gasteiger partial charge >= 0.3 is 5.97 Å². The molecule has 1 aliphatic heterocycles. The molecule has 1 aliphatic carbocycles. The van der Waals surface area contributed by atoms with Crippen molar-refractivity contribution in [3.05, 3.63) is 77.9 Å². The molecule has 29 heavy (non-hydrogen) atoms. The molecule has 1 atom stereocenters. The molecule has 1 spiro atoms. The molecule has 6 heteroatoms. The van der Waals surface area contributed by atoms with E-state index in [9.17, 15) is 13.2 Å². The van der Waals surface area contributed by atoms with Gasteiger partial charge in [0.1, 0.15) is 0 Å². The Labute approximate surface area is 171 Å². The number of ether oxygens (including phenoxy) is 1. The molecule has 0 aromatic heterocycles. The number of hydrogen-bond acceptors (Lipinski definition) is 4. The van der Waals surface area contributed by atoms with Gasteiger partial charge in [-0.25, -0.2) is 13.2 Å². The molecule has 0 saturated heterocycles. The van der Waals surface area contributed by atoms with Gasteiger partial charge in [-0.3, -0.25) is 4.31 Å². The molecule has 0 N–H and O–H groups in total. The molecule has 0 amide bonds. The van der Waals surface area contributed by atoms with Gasteiger partial charge in [0.15, 0.2) is 0 Å². The lowest BCUT2D eigenvalue weighted by Gasteiger charge is -2.43. The highest BCUT2D eigenvalue weighted by Crippen LogP contribution is 2.52. The Kier molecular flexibility index (Phi) is 4.82. The van der Waals surface area contributed by atoms with Gasteiger partial charge in [0, 0.05) is 23.6 Å². The van der Waals surface area contributed by atoms with E-state index in [2.05, 4.69) is 6.08 Å². The van der Waals surface area contributed by atoms with Gasteiger partial charge in [0.05, 0.1) is 17.7 Å². The number of carbonyl (C=O) groups is 1. The SMILES string of the molecule is COC(=O)/C=C1\c2ccccc2N(S(=O)(=O)c2ccc(C)cc2)C[C@@]12C=CCC2. The van der Waals surface area contributed by atoms with E-state index in [0.29, 0.717) is 5.69 Å². The van der Waals surface area contributed by atoms with Gasteiger partial charge in [0.25, 0.3) is 10.0 Å². The summed E-state index contributed by atoms with van der Waals surface area (Å²) < 4.78 is 33.5. The van der Waals surface area contributed by atoms with Crippen LogP contribution in [-0.2, 0) is 19.6 Å². The molecule has 2 aromatic rings. The summed E-state index contributed by atoms with van der Waals surface area (Å²) in [5, 5.41) is 0. The minimum atomic E-state index is -3.76. The van der Waals surface area contributed by atoms with Gasteiger partial charge in [-0.1, -0.05) is 48.0 Å². The molecular formula is C23H23NO4S. The van der Waals surface area contributed by atoms with Crippen molar-refractivity contribution in [3.8, 4) is 0 Å². The fourth-order valence-electron chi connectivity index (χ4n) is 4.15. The fourth-order valence-corrected chi connectivity index (χ4v) is 5.71. The van der Waals surface area contributed by atoms with Crippen LogP contribution in [0.4, 0.5) is 5.69 Å². The first-order chi connectivity index (χ1) is 13.9. The third-order valence-electron chi connectivity index (χ3n) is 5.69. The van der Waals surface area contributed by atoms with Crippen molar-refractivity contribution in [3.63, 3.8) is 0 Å². The zero-order chi connectivity index (χ0) is 20.6. The van der Waals surface area contributed by atoms with Crippen molar-refractivity contribution >= 4 is 27.3 Å². The Bertz CT molecular complexity index is 1120. The van der Waals surface area contributed by atoms with Gasteiger partial charge in [-0.2, -0.15) is 0 Å². The van der Waals surface area contributed by atoms with E-state index >= 15 is 0 Å². The number of sulfonamides is 1. The smallest absolute Gasteiger partial charge is 0.330 e. The first-order valence-electron chi connectivity index (χ1n) is 9.54. The molecular weight excluding hydrogens is 386 g/mol. The lowest BCUT2D eigenvalue weighted by molar-refractivity contribution is -0.134. The van der Waals surface area contributed by atoms with Crippen LogP contribution in [0.1, 0.15) is 24.0 Å². The Morgan fingerprint density at radius 3 is 2.52 bits per heavy atom. The van der Waals surface area contributed by atoms with Crippen molar-refractivity contribution in [2.45, 2.75) is 24.7 Å². The topological polar surface area (TPSA) is 63.7 Å². The zero-order valence-corrected chi connectivity index (χ0v) is 17.3. The second-order valence-corrected chi connectivity index (χ2v) is 9.38. The maximum atomic E-state index is 13.6. The number of benzene rings is 2. The maximum absolute atomic E-state index is 13.6. The van der Waals surface area contributed by atoms with Crippen LogP contribution in [0.2, 0.25) is 0 Å². The maximum Gasteiger partial charge on any atom is 0.330 e. The number of anilines is 1. The van der Waals surface area contributed by atoms with Crippen LogP contribution in [0.5, 0.6) is 0 Å². The predicted octanol–water partition coefficient (Wildman–Crippen LogP) is 4.10. The molecule has 1 heterocycles. The Morgan fingerprint density at radius 2 is 1.86 bits per heavy atom. The van der Waals surface area contributed by atoms with Crippen LogP contribution in [0.3, 0.4) is 0 Å². The normalized spacial score (nSPS) is 22.1. The summed E-state index contributed by atoms with van der Waals surface area (Å²) in [5.41, 5.74) is 2.58. The zero-order valence-electron chi connectivity index (χ0n) is 16.5. The molecule has 2 aromatic carbocycles. The summed E-state index contributed by atoms with van der Waals surface area (Å²) in [7, 11) is -2.41. The van der Waals surface area contributed by atoms with E-state index in [-0.39, 0.29) is 11.4 Å². The summed E-state index contributed by atoms with van der Waals surface area (Å²) in [6, 6.07) is 14.2. The second-order valence-electron chi connectivity index (χ2n) is 7.52. The number of esters is 1. The highest BCUT2D eigenvalue weighted by atomic mass is 32.2. The van der Waals surface area contributed by atoms with Crippen LogP contribution < -0.4 is 4.31 Å². The van der Waals surface area contributed by atoms with Crippen LogP contribution in [0.25, 0.3) is 5.57 Å². The first-order valence-corrected chi connectivity index (χ1v) is 11.0. The summed E-state index contributed by atoms with van der Waals surface area (Å²) in [6.07, 6.45) is 7.17. The van der Waals surface area contributed by atoms with E-state index < -0.39 is 21.4 Å². The standard InChI is InChI=1S/C23H23NO4S/c1-17-9-11-18(12-10-17)29(26,27)24-16-23(13-5-6-14-23)20(15-22(25)28-2)19-7-3-4-8-21(19)24/h3-5,7-13,15H,6,14,16H2,1-2H3/b20-15+/t23-/m0/s1. The number of nitrogens with zero attached hydrogens (tertiary/aromatic N) is 1. The Hall–Kier alpha value is -2.86. The van der Waals surface area contributed by atoms with Gasteiger partial charge in [-0.15, -0.1) is 0 Å². The van der Waals surface area contributed by atoms with E-state index in [0.717, 1.165) is 29.5 Å². The first kappa shape index (κ1) is 19.5. The minimum Gasteiger partial charge on any atom is -0.466 e. The monoisotopic (exact) mass is 409 g/mol. The lowest BCUT2D eigenvalue weighted by atomic mass is 9.73. The van der Waals surface area contributed by atoms with Crippen molar-refractivity contribution in [2.75, 3.05) is 18.0 Å². The van der Waals surface area contributed by atoms with E-state index in [4.69, 9.17) is 4.74 Å². The molecule has 4 rings (SSSR count). The highest BCUT2D eigenvalue weighted by Gasteiger charge is 2.45. The number of fused-ring (bicyclic) bond motifs is 1. The summed E-state index contributed by atoms with van der Waals surface area (Å²) >= 11 is 0. The number of methoxy groups -OCH3 is 1. The molecule has 0 fully saturated rings. The number of aryl methyl sites for hydroxylation is 1. The van der Waals surface area contributed by atoms with E-state index in [1.54, 1.807) is 30.3 Å². The molecule has 2 aliphatic rings. The van der Waals surface area contributed by atoms with Crippen LogP contribution in [-0.4, -0.2) is 28.0 Å². The summed E-state index contributed by atoms with van der Waals surface area (Å²) in [4.78, 5) is 12.4. The van der Waals surface area contributed by atoms with Crippen LogP contribution in [0, 0.1) is 12.3 Å². The van der Waals surface area contributed by atoms with E-state index in [1.165, 1.54) is 17.5 Å². The molecule has 0 radical (unpaired) electrons. The number of hydrogen-bond donors (Lipinski definition) is 0. The molecule has 150 valence electrons. The largest absolute Gasteiger partial charge is 0.466 e. The predicted molar refractivity (Wildman–Crippen MR) is 113 cm³/mol. The molecule has 5 nitrogen and oxygen atoms in total. The number of carbonyl (C=O) groups excluding carboxylic acids is 1. The minimum absolute atomic E-state index is 0.250. The van der Waals surface area contributed by atoms with Gasteiger partial charge in [0.2, 0.25) is 0 Å². The third kappa shape index (κ3) is 3.27. The average molecular weight is 410 g/mol. The van der Waals surface area contributed by atoms with Gasteiger partial charge < -0.3 is 4.74 Å². The van der Waals surface area contributed by atoms with Crippen molar-refractivity contribution in [1.29, 1.82) is 0 Å². The molecule has 0 unspecified atom stereocenters. The summed E-state index contributed by atoms with van der Waals surface area (Å²) in [5.74, 6) is -0.440. The second kappa shape index (κ2) is 7.19. The Morgan fingerprint density at radius 1 is 1.14 bits per heavy atom. The number of allylic oxidation sites excluding steroid dienone is 1. The number of rotatable bonds is 3. The summed E-state index contributed by atoms with van der Waals surface area (Å²) in [6.45, 7) is 2.17. The van der Waals surface area contributed by atoms with Crippen molar-refractivity contribution in [1.82, 2.24) is 0 Å². The third-order valence-corrected chi connectivity index (χ3v) is 7.47. The van der Waals surface area contributed by atoms with Gasteiger partial charge in [-0.05, 0) is 43.5 Å².